The number of benzene rings is 2. The second kappa shape index (κ2) is 8.92. The van der Waals surface area contributed by atoms with Gasteiger partial charge in [-0.25, -0.2) is 4.99 Å². The SMILES string of the molecule is COc1ccc(N=c2scc(-c3ccco3)n2Cc2ccc(OC)c(OC)c2)cc1. The van der Waals surface area contributed by atoms with E-state index in [1.165, 1.54) is 0 Å². The molecule has 7 heteroatoms. The fraction of sp³-hybridized carbons (Fsp3) is 0.174. The van der Waals surface area contributed by atoms with Crippen molar-refractivity contribution in [2.75, 3.05) is 21.3 Å². The minimum Gasteiger partial charge on any atom is -0.497 e. The summed E-state index contributed by atoms with van der Waals surface area (Å²) in [6.07, 6.45) is 1.67. The molecule has 2 aromatic carbocycles. The molecule has 4 rings (SSSR count). The fourth-order valence-corrected chi connectivity index (χ4v) is 4.03. The summed E-state index contributed by atoms with van der Waals surface area (Å²) in [6, 6.07) is 17.4. The highest BCUT2D eigenvalue weighted by Crippen LogP contribution is 2.29. The van der Waals surface area contributed by atoms with Crippen molar-refractivity contribution in [2.24, 2.45) is 4.99 Å². The third-order valence-corrected chi connectivity index (χ3v) is 5.52. The first-order valence-electron chi connectivity index (χ1n) is 9.33. The van der Waals surface area contributed by atoms with Crippen LogP contribution in [0.4, 0.5) is 5.69 Å². The van der Waals surface area contributed by atoms with Crippen molar-refractivity contribution in [3.05, 3.63) is 76.6 Å². The van der Waals surface area contributed by atoms with Gasteiger partial charge in [0.1, 0.15) is 5.75 Å². The van der Waals surface area contributed by atoms with Crippen molar-refractivity contribution >= 4 is 17.0 Å². The zero-order valence-corrected chi connectivity index (χ0v) is 17.8. The van der Waals surface area contributed by atoms with Crippen LogP contribution >= 0.6 is 11.3 Å². The lowest BCUT2D eigenvalue weighted by atomic mass is 10.2. The maximum atomic E-state index is 5.66. The molecule has 154 valence electrons. The molecule has 0 amide bonds. The molecule has 6 nitrogen and oxygen atoms in total. The molecule has 0 aliphatic rings. The molecule has 0 radical (unpaired) electrons. The fourth-order valence-electron chi connectivity index (χ4n) is 3.12. The number of rotatable bonds is 7. The maximum Gasteiger partial charge on any atom is 0.190 e. The summed E-state index contributed by atoms with van der Waals surface area (Å²) in [4.78, 5) is 5.71. The molecule has 0 bridgehead atoms. The Morgan fingerprint density at radius 2 is 1.73 bits per heavy atom. The second-order valence-electron chi connectivity index (χ2n) is 6.47. The van der Waals surface area contributed by atoms with Crippen molar-refractivity contribution in [1.29, 1.82) is 0 Å². The van der Waals surface area contributed by atoms with Gasteiger partial charge in [-0.2, -0.15) is 0 Å². The molecule has 0 saturated carbocycles. The Morgan fingerprint density at radius 1 is 0.933 bits per heavy atom. The van der Waals surface area contributed by atoms with E-state index in [2.05, 4.69) is 9.95 Å². The van der Waals surface area contributed by atoms with Gasteiger partial charge in [0, 0.05) is 5.38 Å². The van der Waals surface area contributed by atoms with Gasteiger partial charge in [-0.05, 0) is 54.1 Å². The van der Waals surface area contributed by atoms with E-state index in [0.717, 1.165) is 33.3 Å². The minimum absolute atomic E-state index is 0.606. The molecule has 0 saturated heterocycles. The van der Waals surface area contributed by atoms with E-state index in [-0.39, 0.29) is 0 Å². The largest absolute Gasteiger partial charge is 0.497 e. The van der Waals surface area contributed by atoms with Gasteiger partial charge in [0.15, 0.2) is 22.1 Å². The first kappa shape index (κ1) is 19.8. The highest BCUT2D eigenvalue weighted by atomic mass is 32.1. The number of nitrogens with zero attached hydrogens (tertiary/aromatic N) is 2. The molecule has 30 heavy (non-hydrogen) atoms. The predicted octanol–water partition coefficient (Wildman–Crippen LogP) is 5.12. The van der Waals surface area contributed by atoms with Gasteiger partial charge in [-0.1, -0.05) is 6.07 Å². The molecule has 2 aromatic heterocycles. The van der Waals surface area contributed by atoms with Crippen molar-refractivity contribution < 1.29 is 18.6 Å². The molecule has 0 fully saturated rings. The Morgan fingerprint density at radius 3 is 2.40 bits per heavy atom. The molecular weight excluding hydrogens is 400 g/mol. The van der Waals surface area contributed by atoms with Crippen LogP contribution in [0.3, 0.4) is 0 Å². The lowest BCUT2D eigenvalue weighted by molar-refractivity contribution is 0.354. The van der Waals surface area contributed by atoms with Gasteiger partial charge >= 0.3 is 0 Å². The lowest BCUT2D eigenvalue weighted by Crippen LogP contribution is -2.16. The summed E-state index contributed by atoms with van der Waals surface area (Å²) in [5.74, 6) is 2.99. The molecule has 2 heterocycles. The standard InChI is InChI=1S/C23H22N2O4S/c1-26-18-9-7-17(8-10-18)24-23-25(19(15-30-23)20-5-4-12-29-20)14-16-6-11-21(27-2)22(13-16)28-3/h4-13,15H,14H2,1-3H3. The average Bonchev–Trinajstić information content (AvgIpc) is 3.45. The van der Waals surface area contributed by atoms with E-state index in [9.17, 15) is 0 Å². The Labute approximate surface area is 178 Å². The van der Waals surface area contributed by atoms with Gasteiger partial charge in [-0.3, -0.25) is 0 Å². The van der Waals surface area contributed by atoms with E-state index in [4.69, 9.17) is 23.6 Å². The van der Waals surface area contributed by atoms with Gasteiger partial charge in [0.25, 0.3) is 0 Å². The van der Waals surface area contributed by atoms with Crippen LogP contribution in [-0.2, 0) is 6.54 Å². The van der Waals surface area contributed by atoms with E-state index < -0.39 is 0 Å². The number of hydrogen-bond donors (Lipinski definition) is 0. The molecule has 0 atom stereocenters. The molecule has 0 aliphatic carbocycles. The van der Waals surface area contributed by atoms with Crippen molar-refractivity contribution in [1.82, 2.24) is 4.57 Å². The third-order valence-electron chi connectivity index (χ3n) is 4.66. The second-order valence-corrected chi connectivity index (χ2v) is 7.30. The van der Waals surface area contributed by atoms with Crippen LogP contribution in [0.5, 0.6) is 17.2 Å². The third kappa shape index (κ3) is 4.11. The molecule has 0 unspecified atom stereocenters. The van der Waals surface area contributed by atoms with Crippen molar-refractivity contribution in [3.63, 3.8) is 0 Å². The van der Waals surface area contributed by atoms with Crippen LogP contribution < -0.4 is 19.0 Å². The van der Waals surface area contributed by atoms with Crippen LogP contribution in [0.1, 0.15) is 5.56 Å². The summed E-state index contributed by atoms with van der Waals surface area (Å²) < 4.78 is 23.8. The summed E-state index contributed by atoms with van der Waals surface area (Å²) in [5.41, 5.74) is 2.88. The van der Waals surface area contributed by atoms with Crippen LogP contribution in [0.15, 0.2) is 75.7 Å². The van der Waals surface area contributed by atoms with Crippen LogP contribution in [0.25, 0.3) is 11.5 Å². The van der Waals surface area contributed by atoms with Gasteiger partial charge in [-0.15, -0.1) is 11.3 Å². The maximum absolute atomic E-state index is 5.66. The minimum atomic E-state index is 0.606. The monoisotopic (exact) mass is 422 g/mol. The molecular formula is C23H22N2O4S. The molecule has 0 aliphatic heterocycles. The average molecular weight is 423 g/mol. The first-order valence-corrected chi connectivity index (χ1v) is 10.2. The zero-order valence-electron chi connectivity index (χ0n) is 17.0. The normalized spacial score (nSPS) is 11.5. The highest BCUT2D eigenvalue weighted by molar-refractivity contribution is 7.07. The number of methoxy groups -OCH3 is 3. The van der Waals surface area contributed by atoms with Crippen LogP contribution in [0, 0.1) is 0 Å². The zero-order chi connectivity index (χ0) is 20.9. The van der Waals surface area contributed by atoms with E-state index >= 15 is 0 Å². The topological polar surface area (TPSA) is 58.1 Å². The highest BCUT2D eigenvalue weighted by Gasteiger charge is 2.13. The van der Waals surface area contributed by atoms with Gasteiger partial charge in [0.05, 0.1) is 45.5 Å². The Bertz CT molecular complexity index is 1170. The van der Waals surface area contributed by atoms with Crippen LogP contribution in [-0.4, -0.2) is 25.9 Å². The summed E-state index contributed by atoms with van der Waals surface area (Å²) in [6.45, 7) is 0.606. The number of hydrogen-bond acceptors (Lipinski definition) is 6. The number of thiazole rings is 1. The first-order chi connectivity index (χ1) is 14.7. The number of ether oxygens (including phenoxy) is 3. The molecule has 0 spiro atoms. The van der Waals surface area contributed by atoms with E-state index in [0.29, 0.717) is 18.0 Å². The quantitative estimate of drug-likeness (QED) is 0.415. The summed E-state index contributed by atoms with van der Waals surface area (Å²) in [7, 11) is 4.92. The number of furan rings is 1. The summed E-state index contributed by atoms with van der Waals surface area (Å²) in [5, 5.41) is 2.06. The van der Waals surface area contributed by atoms with Gasteiger partial charge in [0.2, 0.25) is 0 Å². The Hall–Kier alpha value is -3.45. The van der Waals surface area contributed by atoms with Gasteiger partial charge < -0.3 is 23.2 Å². The molecule has 0 N–H and O–H groups in total. The summed E-state index contributed by atoms with van der Waals surface area (Å²) >= 11 is 1.57. The smallest absolute Gasteiger partial charge is 0.190 e. The predicted molar refractivity (Wildman–Crippen MR) is 117 cm³/mol. The van der Waals surface area contributed by atoms with Crippen molar-refractivity contribution in [3.8, 4) is 28.7 Å². The Balaban J connectivity index is 1.78. The Kier molecular flexibility index (Phi) is 5.90. The van der Waals surface area contributed by atoms with E-state index in [1.807, 2.05) is 54.6 Å². The van der Waals surface area contributed by atoms with Crippen molar-refractivity contribution in [2.45, 2.75) is 6.54 Å². The number of aromatic nitrogens is 1. The van der Waals surface area contributed by atoms with Crippen LogP contribution in [0.2, 0.25) is 0 Å². The molecule has 4 aromatic rings. The lowest BCUT2D eigenvalue weighted by Gasteiger charge is -2.12. The van der Waals surface area contributed by atoms with E-state index in [1.54, 1.807) is 38.9 Å².